The third kappa shape index (κ3) is 17.0. The standard InChI is InChI=1S/C35H43N7O15S3/c43-30(37-10-9-36-27-5-1-4-25-24(27)3-2-6-29(25)60(55,56)57)18-40(21-33(47)48)14-12-39(20-32(45)46)13-15-41(22-34(49)50)19-31(44)38-11-16-58-59-23-7-8-28(42(53)54)26(17-23)35(51)52/h1-8,17,36H,9-16,18-22H2,(H,37,43)(H,38,44)(H,45,46)(H,47,48)(H,49,50)(H,51,52)(H,55,56,57). The predicted octanol–water partition coefficient (Wildman–Crippen LogP) is 0.938. The number of benzene rings is 3. The summed E-state index contributed by atoms with van der Waals surface area (Å²) in [5.41, 5.74) is -0.482. The molecule has 0 heterocycles. The van der Waals surface area contributed by atoms with Crippen LogP contribution < -0.4 is 16.0 Å². The van der Waals surface area contributed by atoms with Crippen LogP contribution in [-0.4, -0.2) is 173 Å². The van der Waals surface area contributed by atoms with E-state index >= 15 is 0 Å². The van der Waals surface area contributed by atoms with Crippen LogP contribution in [0.2, 0.25) is 0 Å². The summed E-state index contributed by atoms with van der Waals surface area (Å²) in [4.78, 5) is 86.0. The molecule has 8 N–H and O–H groups in total. The highest BCUT2D eigenvalue weighted by Gasteiger charge is 2.22. The number of nitro benzene ring substituents is 1. The first-order valence-corrected chi connectivity index (χ1v) is 21.5. The fraction of sp³-hybridized carbons (Fsp3) is 0.371. The fourth-order valence-electron chi connectivity index (χ4n) is 5.65. The number of amides is 2. The summed E-state index contributed by atoms with van der Waals surface area (Å²) in [5.74, 6) is -5.92. The summed E-state index contributed by atoms with van der Waals surface area (Å²) in [6, 6.07) is 12.9. The fourth-order valence-corrected chi connectivity index (χ4v) is 8.27. The third-order valence-corrected chi connectivity index (χ3v) is 11.5. The average molecular weight is 898 g/mol. The Bertz CT molecular complexity index is 2160. The van der Waals surface area contributed by atoms with Gasteiger partial charge in [0.1, 0.15) is 10.5 Å². The minimum atomic E-state index is -4.48. The van der Waals surface area contributed by atoms with Gasteiger partial charge in [0.2, 0.25) is 11.8 Å². The molecule has 0 aromatic heterocycles. The molecular formula is C35H43N7O15S3. The summed E-state index contributed by atoms with van der Waals surface area (Å²) >= 11 is 0. The van der Waals surface area contributed by atoms with Gasteiger partial charge >= 0.3 is 23.9 Å². The number of hydrogen-bond acceptors (Lipinski definition) is 16. The van der Waals surface area contributed by atoms with Crippen LogP contribution in [0.5, 0.6) is 0 Å². The molecule has 3 aromatic carbocycles. The maximum Gasteiger partial charge on any atom is 0.342 e. The number of fused-ring (bicyclic) bond motifs is 1. The van der Waals surface area contributed by atoms with Crippen molar-refractivity contribution in [2.24, 2.45) is 0 Å². The second kappa shape index (κ2) is 23.9. The van der Waals surface area contributed by atoms with Gasteiger partial charge in [0.25, 0.3) is 15.8 Å². The van der Waals surface area contributed by atoms with Crippen molar-refractivity contribution >= 4 is 89.5 Å². The maximum atomic E-state index is 12.8. The van der Waals surface area contributed by atoms with Gasteiger partial charge in [-0.05, 0) is 24.3 Å². The van der Waals surface area contributed by atoms with Crippen LogP contribution in [0.15, 0.2) is 64.4 Å². The number of nitrogens with zero attached hydrogens (tertiary/aromatic N) is 4. The molecular weight excluding hydrogens is 855 g/mol. The van der Waals surface area contributed by atoms with Crippen LogP contribution in [0.3, 0.4) is 0 Å². The molecule has 0 fully saturated rings. The number of aliphatic carboxylic acids is 3. The number of carboxylic acid groups (broad SMARTS) is 4. The van der Waals surface area contributed by atoms with Crippen molar-refractivity contribution in [3.8, 4) is 0 Å². The van der Waals surface area contributed by atoms with Gasteiger partial charge in [-0.15, -0.1) is 0 Å². The zero-order valence-corrected chi connectivity index (χ0v) is 34.2. The Balaban J connectivity index is 1.49. The van der Waals surface area contributed by atoms with Gasteiger partial charge in [-0.3, -0.25) is 53.3 Å². The Morgan fingerprint density at radius 1 is 0.683 bits per heavy atom. The first-order chi connectivity index (χ1) is 28.3. The number of carbonyl (C=O) groups excluding carboxylic acids is 2. The first-order valence-electron chi connectivity index (χ1n) is 17.7. The van der Waals surface area contributed by atoms with Crippen molar-refractivity contribution in [1.82, 2.24) is 25.3 Å². The topological polar surface area (TPSA) is 327 Å². The highest BCUT2D eigenvalue weighted by Crippen LogP contribution is 2.33. The van der Waals surface area contributed by atoms with Crippen molar-refractivity contribution in [2.75, 3.05) is 89.6 Å². The molecule has 0 saturated heterocycles. The number of aromatic carboxylic acids is 1. The molecule has 22 nitrogen and oxygen atoms in total. The number of anilines is 1. The number of carboxylic acids is 4. The minimum absolute atomic E-state index is 0.0360. The summed E-state index contributed by atoms with van der Waals surface area (Å²) in [6.07, 6.45) is 0. The number of nitro groups is 1. The highest BCUT2D eigenvalue weighted by atomic mass is 33.1. The number of rotatable bonds is 28. The van der Waals surface area contributed by atoms with Gasteiger partial charge < -0.3 is 36.4 Å². The van der Waals surface area contributed by atoms with Crippen LogP contribution in [0, 0.1) is 10.1 Å². The summed E-state index contributed by atoms with van der Waals surface area (Å²) < 4.78 is 33.1. The molecule has 0 saturated carbocycles. The van der Waals surface area contributed by atoms with Crippen molar-refractivity contribution in [3.63, 3.8) is 0 Å². The van der Waals surface area contributed by atoms with E-state index in [-0.39, 0.29) is 63.8 Å². The molecule has 0 radical (unpaired) electrons. The van der Waals surface area contributed by atoms with E-state index in [1.54, 1.807) is 18.2 Å². The lowest BCUT2D eigenvalue weighted by Crippen LogP contribution is -2.47. The molecule has 326 valence electrons. The Morgan fingerprint density at radius 3 is 1.77 bits per heavy atom. The van der Waals surface area contributed by atoms with Crippen LogP contribution in [0.1, 0.15) is 10.4 Å². The molecule has 0 unspecified atom stereocenters. The van der Waals surface area contributed by atoms with Gasteiger partial charge in [-0.1, -0.05) is 45.9 Å². The molecule has 3 aromatic rings. The summed E-state index contributed by atoms with van der Waals surface area (Å²) in [6.45, 7) is -2.14. The highest BCUT2D eigenvalue weighted by molar-refractivity contribution is 8.76. The number of nitrogens with one attached hydrogen (secondary N) is 3. The van der Waals surface area contributed by atoms with Crippen molar-refractivity contribution in [1.29, 1.82) is 0 Å². The Morgan fingerprint density at radius 2 is 1.22 bits per heavy atom. The van der Waals surface area contributed by atoms with Crippen LogP contribution in [-0.2, 0) is 34.1 Å². The van der Waals surface area contributed by atoms with Crippen LogP contribution >= 0.6 is 21.6 Å². The lowest BCUT2D eigenvalue weighted by atomic mass is 10.1. The van der Waals surface area contributed by atoms with Gasteiger partial charge in [0.15, 0.2) is 0 Å². The minimum Gasteiger partial charge on any atom is -0.480 e. The van der Waals surface area contributed by atoms with Gasteiger partial charge in [0.05, 0.1) is 37.6 Å². The second-order valence-corrected chi connectivity index (χ2v) is 16.7. The Hall–Kier alpha value is -5.57. The molecule has 0 atom stereocenters. The predicted molar refractivity (Wildman–Crippen MR) is 219 cm³/mol. The first kappa shape index (κ1) is 48.8. The van der Waals surface area contributed by atoms with Crippen LogP contribution in [0.25, 0.3) is 10.8 Å². The van der Waals surface area contributed by atoms with Crippen molar-refractivity contribution in [3.05, 3.63) is 70.3 Å². The third-order valence-electron chi connectivity index (χ3n) is 8.26. The number of carbonyl (C=O) groups is 6. The van der Waals surface area contributed by atoms with Crippen LogP contribution in [0.4, 0.5) is 11.4 Å². The van der Waals surface area contributed by atoms with Crippen molar-refractivity contribution in [2.45, 2.75) is 9.79 Å². The molecule has 0 aliphatic heterocycles. The second-order valence-electron chi connectivity index (χ2n) is 12.8. The SMILES string of the molecule is O=C(O)CN(CCN(CC(=O)O)CC(=O)NCCNc1cccc2c(S(=O)(=O)O)cccc12)CCN(CC(=O)O)CC(=O)NCCSSc1ccc([N+](=O)[O-])c(C(=O)O)c1. The maximum absolute atomic E-state index is 12.8. The molecule has 0 spiro atoms. The average Bonchev–Trinajstić information content (AvgIpc) is 3.15. The summed E-state index contributed by atoms with van der Waals surface area (Å²) in [7, 11) is -2.11. The molecule has 25 heteroatoms. The molecule has 0 bridgehead atoms. The lowest BCUT2D eigenvalue weighted by Gasteiger charge is -2.28. The van der Waals surface area contributed by atoms with E-state index < -0.39 is 81.6 Å². The molecule has 2 amide bonds. The lowest BCUT2D eigenvalue weighted by molar-refractivity contribution is -0.385. The quantitative estimate of drug-likeness (QED) is 0.0165. The van der Waals surface area contributed by atoms with E-state index in [2.05, 4.69) is 16.0 Å². The largest absolute Gasteiger partial charge is 0.480 e. The molecule has 0 aliphatic rings. The molecule has 60 heavy (non-hydrogen) atoms. The van der Waals surface area contributed by atoms with E-state index in [1.807, 2.05) is 0 Å². The van der Waals surface area contributed by atoms with Gasteiger partial charge in [-0.2, -0.15) is 8.42 Å². The van der Waals surface area contributed by atoms with E-state index in [4.69, 9.17) is 0 Å². The van der Waals surface area contributed by atoms with E-state index in [0.717, 1.165) is 16.9 Å². The summed E-state index contributed by atoms with van der Waals surface area (Å²) in [5, 5.41) is 57.9. The monoisotopic (exact) mass is 897 g/mol. The van der Waals surface area contributed by atoms with Gasteiger partial charge in [0, 0.05) is 79.0 Å². The van der Waals surface area contributed by atoms with Crippen molar-refractivity contribution < 1.29 is 67.1 Å². The Labute approximate surface area is 350 Å². The number of hydrogen-bond donors (Lipinski definition) is 8. The van der Waals surface area contributed by atoms with E-state index in [9.17, 15) is 72.3 Å². The van der Waals surface area contributed by atoms with Gasteiger partial charge in [-0.25, -0.2) is 4.79 Å². The molecule has 3 rings (SSSR count). The normalized spacial score (nSPS) is 11.5. The Kier molecular flexibility index (Phi) is 19.4. The molecule has 0 aliphatic carbocycles. The smallest absolute Gasteiger partial charge is 0.342 e. The zero-order chi connectivity index (χ0) is 44.4. The van der Waals surface area contributed by atoms with E-state index in [1.165, 1.54) is 55.8 Å². The van der Waals surface area contributed by atoms with E-state index in [0.29, 0.717) is 27.1 Å². The zero-order valence-electron chi connectivity index (χ0n) is 31.7.